The number of phosphoric ester groups is 1. The third kappa shape index (κ3) is 10.7. The molecule has 0 saturated heterocycles. The fraction of sp³-hybridized carbons (Fsp3) is 0.972. The van der Waals surface area contributed by atoms with Gasteiger partial charge in [-0.05, 0) is 117 Å². The number of aliphatic hydroxyl groups is 3. The molecule has 4 fully saturated rings. The van der Waals surface area contributed by atoms with E-state index in [1.807, 2.05) is 0 Å². The number of carboxylic acid groups (broad SMARTS) is 1. The molecule has 272 valence electrons. The van der Waals surface area contributed by atoms with Crippen molar-refractivity contribution in [1.29, 1.82) is 0 Å². The summed E-state index contributed by atoms with van der Waals surface area (Å²) in [5, 5.41) is 42.0. The van der Waals surface area contributed by atoms with Crippen molar-refractivity contribution in [2.75, 3.05) is 19.8 Å². The molecule has 4 rings (SSSR count). The van der Waals surface area contributed by atoms with Crippen molar-refractivity contribution >= 4 is 13.8 Å². The van der Waals surface area contributed by atoms with Gasteiger partial charge < -0.3 is 21.9 Å². The van der Waals surface area contributed by atoms with E-state index in [4.69, 9.17) is 18.7 Å². The molecular formula is C36H68NaO9P. The van der Waals surface area contributed by atoms with E-state index >= 15 is 0 Å². The monoisotopic (exact) mass is 698 g/mol. The summed E-state index contributed by atoms with van der Waals surface area (Å²) in [5.74, 6) is 0.997. The molecule has 0 bridgehead atoms. The average molecular weight is 699 g/mol. The summed E-state index contributed by atoms with van der Waals surface area (Å²) in [5.41, 5.74) is -0.143. The fourth-order valence-electron chi connectivity index (χ4n) is 9.76. The van der Waals surface area contributed by atoms with E-state index in [0.29, 0.717) is 49.9 Å². The third-order valence-electron chi connectivity index (χ3n) is 12.6. The van der Waals surface area contributed by atoms with Gasteiger partial charge in [0.05, 0.1) is 38.1 Å². The number of rotatable bonds is 16. The van der Waals surface area contributed by atoms with Crippen molar-refractivity contribution in [3.05, 3.63) is 0 Å². The largest absolute Gasteiger partial charge is 1.00 e. The van der Waals surface area contributed by atoms with Gasteiger partial charge in [-0.3, -0.25) is 18.4 Å². The first-order chi connectivity index (χ1) is 21.8. The van der Waals surface area contributed by atoms with Crippen LogP contribution in [0.15, 0.2) is 0 Å². The van der Waals surface area contributed by atoms with Crippen molar-refractivity contribution < 1.29 is 74.3 Å². The van der Waals surface area contributed by atoms with Gasteiger partial charge in [0, 0.05) is 6.42 Å². The predicted octanol–water partition coefficient (Wildman–Crippen LogP) is 5.11. The first kappa shape index (κ1) is 43.6. The molecule has 0 spiro atoms. The number of fused-ring (bicyclic) bond motifs is 5. The Morgan fingerprint density at radius 1 is 0.872 bits per heavy atom. The van der Waals surface area contributed by atoms with Crippen molar-refractivity contribution in [2.45, 2.75) is 156 Å². The summed E-state index contributed by atoms with van der Waals surface area (Å²) in [6, 6.07) is 0. The Balaban J connectivity index is 0.000000528. The zero-order chi connectivity index (χ0) is 34.1. The second-order valence-electron chi connectivity index (χ2n) is 15.4. The average Bonchev–Trinajstić information content (AvgIpc) is 3.36. The van der Waals surface area contributed by atoms with Crippen LogP contribution >= 0.6 is 7.82 Å². The van der Waals surface area contributed by atoms with Crippen LogP contribution in [0.4, 0.5) is 0 Å². The number of hydrogen-bond acceptors (Lipinski definition) is 8. The van der Waals surface area contributed by atoms with Crippen LogP contribution in [0.2, 0.25) is 0 Å². The van der Waals surface area contributed by atoms with Gasteiger partial charge in [0.1, 0.15) is 0 Å². The van der Waals surface area contributed by atoms with Gasteiger partial charge in [-0.15, -0.1) is 0 Å². The number of phosphoric acid groups is 1. The predicted molar refractivity (Wildman–Crippen MR) is 181 cm³/mol. The van der Waals surface area contributed by atoms with Crippen LogP contribution < -0.4 is 29.6 Å². The molecule has 4 saturated carbocycles. The van der Waals surface area contributed by atoms with Crippen molar-refractivity contribution in [2.24, 2.45) is 46.3 Å². The van der Waals surface area contributed by atoms with Crippen molar-refractivity contribution in [1.82, 2.24) is 0 Å². The first-order valence-corrected chi connectivity index (χ1v) is 20.0. The van der Waals surface area contributed by atoms with Gasteiger partial charge in [-0.2, -0.15) is 0 Å². The van der Waals surface area contributed by atoms with Crippen LogP contribution in [0.5, 0.6) is 0 Å². The van der Waals surface area contributed by atoms with E-state index in [1.165, 1.54) is 0 Å². The molecule has 0 radical (unpaired) electrons. The van der Waals surface area contributed by atoms with Crippen molar-refractivity contribution in [3.63, 3.8) is 0 Å². The Labute approximate surface area is 309 Å². The fourth-order valence-corrected chi connectivity index (χ4v) is 11.0. The van der Waals surface area contributed by atoms with Crippen LogP contribution in [0.3, 0.4) is 0 Å². The Kier molecular flexibility index (Phi) is 18.5. The molecule has 0 aromatic carbocycles. The van der Waals surface area contributed by atoms with Gasteiger partial charge in [-0.25, -0.2) is 4.57 Å². The van der Waals surface area contributed by atoms with Gasteiger partial charge in [0.2, 0.25) is 0 Å². The van der Waals surface area contributed by atoms with Crippen LogP contribution in [-0.4, -0.2) is 64.5 Å². The van der Waals surface area contributed by atoms with Gasteiger partial charge in [-0.1, -0.05) is 60.8 Å². The maximum absolute atomic E-state index is 12.2. The Hall–Kier alpha value is 0.460. The molecule has 3 unspecified atom stereocenters. The van der Waals surface area contributed by atoms with E-state index in [1.54, 1.807) is 0 Å². The smallest absolute Gasteiger partial charge is 1.00 e. The van der Waals surface area contributed by atoms with Gasteiger partial charge in [0.25, 0.3) is 0 Å². The summed E-state index contributed by atoms with van der Waals surface area (Å²) >= 11 is 0. The molecule has 4 N–H and O–H groups in total. The van der Waals surface area contributed by atoms with E-state index in [2.05, 4.69) is 41.5 Å². The minimum atomic E-state index is -3.31. The number of aliphatic hydroxyl groups excluding tert-OH is 3. The summed E-state index contributed by atoms with van der Waals surface area (Å²) in [6.45, 7) is 14.2. The molecule has 0 heterocycles. The molecule has 11 atom stereocenters. The summed E-state index contributed by atoms with van der Waals surface area (Å²) in [4.78, 5) is 11.1. The second-order valence-corrected chi connectivity index (χ2v) is 17.1. The van der Waals surface area contributed by atoms with E-state index in [9.17, 15) is 24.7 Å². The molecule has 9 nitrogen and oxygen atoms in total. The second kappa shape index (κ2) is 19.9. The number of carboxylic acids is 1. The Bertz CT molecular complexity index is 960. The zero-order valence-electron chi connectivity index (χ0n) is 31.7. The molecular weight excluding hydrogens is 630 g/mol. The van der Waals surface area contributed by atoms with E-state index in [-0.39, 0.29) is 72.3 Å². The molecule has 0 amide bonds. The maximum Gasteiger partial charge on any atom is 1.00 e. The number of hydrogen-bond donors (Lipinski definition) is 4. The molecule has 0 aliphatic heterocycles. The number of unbranched alkanes of at least 4 members (excludes halogenated alkanes) is 3. The Morgan fingerprint density at radius 2 is 1.43 bits per heavy atom. The van der Waals surface area contributed by atoms with Gasteiger partial charge >= 0.3 is 43.3 Å². The van der Waals surface area contributed by atoms with Crippen LogP contribution in [0.1, 0.15) is 139 Å². The van der Waals surface area contributed by atoms with Crippen LogP contribution in [-0.2, 0) is 22.9 Å². The SMILES string of the molecule is CCCCOP(=O)(OCCCC)OCCCC.C[C@H](CCC(=O)O)[C@H]1CCC2C3C(C[C@H](O)[C@@]21C)[C@@]1(C)CC[C@@H](O)C[C@H]1C[C@H]3O.[H-].[Na+]. The maximum atomic E-state index is 12.2. The summed E-state index contributed by atoms with van der Waals surface area (Å²) < 4.78 is 28.0. The zero-order valence-corrected chi connectivity index (χ0v) is 33.6. The Morgan fingerprint density at radius 3 is 1.94 bits per heavy atom. The van der Waals surface area contributed by atoms with E-state index < -0.39 is 19.9 Å². The molecule has 0 aromatic rings. The third-order valence-corrected chi connectivity index (χ3v) is 14.1. The van der Waals surface area contributed by atoms with Crippen LogP contribution in [0.25, 0.3) is 0 Å². The quantitative estimate of drug-likeness (QED) is 0.0983. The molecule has 4 aliphatic rings. The minimum absolute atomic E-state index is 0. The van der Waals surface area contributed by atoms with Crippen molar-refractivity contribution in [3.8, 4) is 0 Å². The summed E-state index contributed by atoms with van der Waals surface area (Å²) in [6.07, 6.45) is 11.6. The minimum Gasteiger partial charge on any atom is -1.00 e. The molecule has 47 heavy (non-hydrogen) atoms. The normalized spacial score (nSPS) is 37.0. The van der Waals surface area contributed by atoms with E-state index in [0.717, 1.165) is 83.5 Å². The topological polar surface area (TPSA) is 143 Å². The molecule has 0 aromatic heterocycles. The molecule has 11 heteroatoms. The van der Waals surface area contributed by atoms with Crippen LogP contribution in [0, 0.1) is 46.3 Å². The number of aliphatic carboxylic acids is 1. The number of carbonyl (C=O) groups is 1. The van der Waals surface area contributed by atoms with Gasteiger partial charge in [0.15, 0.2) is 0 Å². The standard InChI is InChI=1S/C24H40O5.C12H27O4P.Na.H/c1-13(4-7-21(28)29)16-5-6-17-22-18(12-20(27)24(16,17)3)23(2)9-8-15(25)10-14(23)11-19(22)26;1-4-7-10-14-17(13,15-11-8-5-2)16-12-9-6-3;;/h13-20,22,25-27H,4-12H2,1-3H3,(H,28,29);4-12H2,1-3H3;;/q;;+1;-1/t13-,14+,15-,16-,17?,18?,19-,20+,22?,23+,24-;;;/m1.../s1. The summed E-state index contributed by atoms with van der Waals surface area (Å²) in [7, 11) is -3.31. The molecule has 4 aliphatic carbocycles. The first-order valence-electron chi connectivity index (χ1n) is 18.6.